The van der Waals surface area contributed by atoms with Gasteiger partial charge in [0.25, 0.3) is 10.2 Å². The van der Waals surface area contributed by atoms with E-state index in [0.717, 1.165) is 0 Å². The predicted octanol–water partition coefficient (Wildman–Crippen LogP) is 2.94. The van der Waals surface area contributed by atoms with Crippen molar-refractivity contribution in [1.29, 1.82) is 0 Å². The Hall–Kier alpha value is 0.417. The molecule has 84 valence electrons. The van der Waals surface area contributed by atoms with Gasteiger partial charge >= 0.3 is 5.38 Å². The van der Waals surface area contributed by atoms with Crippen LogP contribution in [0.3, 0.4) is 0 Å². The second-order valence-corrected chi connectivity index (χ2v) is 10.3. The lowest BCUT2D eigenvalue weighted by Gasteiger charge is -2.27. The minimum absolute atomic E-state index is 1.17. The summed E-state index contributed by atoms with van der Waals surface area (Å²) in [7, 11) is -2.07. The number of rotatable bonds is 3. The average molecular weight is 285 g/mol. The minimum Gasteiger partial charge on any atom is -0.380 e. The Morgan fingerprint density at radius 1 is 1.21 bits per heavy atom. The van der Waals surface area contributed by atoms with E-state index in [2.05, 4.69) is 16.6 Å². The summed E-state index contributed by atoms with van der Waals surface area (Å²) < 4.78 is 22.2. The Morgan fingerprint density at radius 3 is 1.79 bits per heavy atom. The third-order valence-electron chi connectivity index (χ3n) is 1.13. The smallest absolute Gasteiger partial charge is 0.363 e. The summed E-state index contributed by atoms with van der Waals surface area (Å²) in [4.78, 5) is 13.6. The van der Waals surface area contributed by atoms with Gasteiger partial charge in [-0.05, 0) is 11.6 Å². The third kappa shape index (κ3) is 3.88. The van der Waals surface area contributed by atoms with E-state index in [9.17, 15) is 13.6 Å². The van der Waals surface area contributed by atoms with Crippen LogP contribution in [-0.2, 0) is 4.79 Å². The van der Waals surface area contributed by atoms with Crippen LogP contribution in [0.2, 0.25) is 19.6 Å². The summed E-state index contributed by atoms with van der Waals surface area (Å²) in [5, 5.41) is -4.00. The highest BCUT2D eigenvalue weighted by Crippen LogP contribution is 2.42. The van der Waals surface area contributed by atoms with E-state index in [1.807, 2.05) is 0 Å². The van der Waals surface area contributed by atoms with Crippen LogP contribution in [0.15, 0.2) is 0 Å². The van der Waals surface area contributed by atoms with Gasteiger partial charge in [0.15, 0.2) is 0 Å². The lowest BCUT2D eigenvalue weighted by molar-refractivity contribution is -0.124. The number of hydrogen-bond acceptors (Lipinski definition) is 1. The van der Waals surface area contributed by atoms with Gasteiger partial charge in [0.05, 0.1) is 0 Å². The van der Waals surface area contributed by atoms with Crippen molar-refractivity contribution in [3.05, 3.63) is 0 Å². The van der Waals surface area contributed by atoms with Gasteiger partial charge in [-0.25, -0.2) is 0 Å². The van der Waals surface area contributed by atoms with Crippen molar-refractivity contribution in [3.63, 3.8) is 0 Å². The highest BCUT2D eigenvalue weighted by atomic mass is 35.5. The van der Waals surface area contributed by atoms with Gasteiger partial charge in [0.2, 0.25) is 0 Å². The van der Waals surface area contributed by atoms with Gasteiger partial charge in [-0.2, -0.15) is 8.78 Å². The largest absolute Gasteiger partial charge is 0.380 e. The zero-order valence-corrected chi connectivity index (χ0v) is 11.1. The van der Waals surface area contributed by atoms with E-state index in [-0.39, 0.29) is 0 Å². The summed E-state index contributed by atoms with van der Waals surface area (Å²) >= 11 is 14.9. The highest BCUT2D eigenvalue weighted by molar-refractivity contribution is 6.77. The Morgan fingerprint density at radius 2 is 1.57 bits per heavy atom. The molecule has 0 atom stereocenters. The Bertz CT molecular complexity index is 236. The van der Waals surface area contributed by atoms with Crippen molar-refractivity contribution in [2.75, 3.05) is 0 Å². The lowest BCUT2D eigenvalue weighted by Crippen LogP contribution is -2.55. The van der Waals surface area contributed by atoms with E-state index < -0.39 is 23.9 Å². The fourth-order valence-corrected chi connectivity index (χ4v) is 1.76. The van der Waals surface area contributed by atoms with Crippen molar-refractivity contribution in [3.8, 4) is 0 Å². The summed E-state index contributed by atoms with van der Waals surface area (Å²) in [5.74, 6) is -1.17. The normalized spacial score (nSPS) is 14.0. The van der Waals surface area contributed by atoms with Gasteiger partial charge < -0.3 is 4.98 Å². The van der Waals surface area contributed by atoms with E-state index in [1.165, 1.54) is 0 Å². The first kappa shape index (κ1) is 14.4. The first-order valence-electron chi connectivity index (χ1n) is 3.65. The van der Waals surface area contributed by atoms with Crippen LogP contribution in [-0.4, -0.2) is 23.9 Å². The number of amides is 1. The van der Waals surface area contributed by atoms with Crippen molar-refractivity contribution in [2.24, 2.45) is 0 Å². The Labute approximate surface area is 97.0 Å². The molecule has 0 fully saturated rings. The number of halogens is 5. The number of carbonyl (C=O) groups is 1. The fourth-order valence-electron chi connectivity index (χ4n) is 0.548. The molecule has 14 heavy (non-hydrogen) atoms. The van der Waals surface area contributed by atoms with Crippen LogP contribution < -0.4 is 4.98 Å². The minimum atomic E-state index is -4.00. The van der Waals surface area contributed by atoms with Crippen LogP contribution in [0.1, 0.15) is 0 Å². The van der Waals surface area contributed by atoms with Gasteiger partial charge in [-0.3, -0.25) is 4.79 Å². The SMILES string of the molecule is C[Si](C)(C)NC(=O)C(Cl)(Cl)C(F)(F)Cl. The highest BCUT2D eigenvalue weighted by Gasteiger charge is 2.56. The molecule has 0 heterocycles. The molecule has 8 heteroatoms. The molecule has 1 amide bonds. The lowest BCUT2D eigenvalue weighted by atomic mass is 10.4. The molecule has 2 nitrogen and oxygen atoms in total. The van der Waals surface area contributed by atoms with E-state index in [4.69, 9.17) is 23.2 Å². The van der Waals surface area contributed by atoms with E-state index >= 15 is 0 Å². The van der Waals surface area contributed by atoms with E-state index in [1.54, 1.807) is 19.6 Å². The van der Waals surface area contributed by atoms with Crippen molar-refractivity contribution < 1.29 is 13.6 Å². The molecule has 0 aromatic carbocycles. The Balaban J connectivity index is 4.70. The molecular weight excluding hydrogens is 275 g/mol. The second-order valence-electron chi connectivity index (χ2n) is 3.78. The van der Waals surface area contributed by atoms with Crippen molar-refractivity contribution in [1.82, 2.24) is 4.98 Å². The van der Waals surface area contributed by atoms with Crippen LogP contribution in [0, 0.1) is 0 Å². The summed E-state index contributed by atoms with van der Waals surface area (Å²) in [5.41, 5.74) is 0. The molecule has 0 saturated carbocycles. The Kier molecular flexibility index (Phi) is 4.24. The van der Waals surface area contributed by atoms with Gasteiger partial charge in [0, 0.05) is 0 Å². The average Bonchev–Trinajstić information content (AvgIpc) is 1.80. The van der Waals surface area contributed by atoms with E-state index in [0.29, 0.717) is 0 Å². The predicted molar refractivity (Wildman–Crippen MR) is 56.7 cm³/mol. The molecule has 0 spiro atoms. The molecule has 0 aliphatic carbocycles. The maximum absolute atomic E-state index is 12.6. The van der Waals surface area contributed by atoms with Crippen molar-refractivity contribution in [2.45, 2.75) is 29.4 Å². The monoisotopic (exact) mass is 283 g/mol. The topological polar surface area (TPSA) is 29.1 Å². The van der Waals surface area contributed by atoms with Crippen LogP contribution in [0.25, 0.3) is 0 Å². The van der Waals surface area contributed by atoms with Crippen LogP contribution in [0.5, 0.6) is 0 Å². The van der Waals surface area contributed by atoms with Gasteiger partial charge in [-0.1, -0.05) is 42.8 Å². The molecule has 0 aliphatic heterocycles. The third-order valence-corrected chi connectivity index (χ3v) is 3.40. The van der Waals surface area contributed by atoms with Gasteiger partial charge in [-0.15, -0.1) is 0 Å². The second kappa shape index (κ2) is 4.12. The van der Waals surface area contributed by atoms with Crippen LogP contribution >= 0.6 is 34.8 Å². The summed E-state index contributed by atoms with van der Waals surface area (Å²) in [6, 6.07) is 0. The molecule has 0 bridgehead atoms. The molecule has 1 N–H and O–H groups in total. The number of hydrogen-bond donors (Lipinski definition) is 1. The van der Waals surface area contributed by atoms with Crippen LogP contribution in [0.4, 0.5) is 8.78 Å². The summed E-state index contributed by atoms with van der Waals surface area (Å²) in [6.07, 6.45) is 0. The molecule has 0 aliphatic rings. The maximum atomic E-state index is 12.6. The van der Waals surface area contributed by atoms with Crippen molar-refractivity contribution >= 4 is 48.9 Å². The molecular formula is C6H10Cl3F2NOSi. The molecule has 0 radical (unpaired) electrons. The quantitative estimate of drug-likeness (QED) is 0.626. The molecule has 0 aromatic heterocycles. The fraction of sp³-hybridized carbons (Fsp3) is 0.833. The zero-order chi connectivity index (χ0) is 11.8. The summed E-state index contributed by atoms with van der Waals surface area (Å²) in [6.45, 7) is 5.21. The number of alkyl halides is 5. The standard InChI is InChI=1S/C6H10Cl3F2NOSi/c1-14(2,3)12-4(13)5(7,8)6(9,10)11/h1-3H3,(H,12,13). The maximum Gasteiger partial charge on any atom is 0.363 e. The van der Waals surface area contributed by atoms with Gasteiger partial charge in [0.1, 0.15) is 8.24 Å². The number of carbonyl (C=O) groups excluding carboxylic acids is 1. The number of nitrogens with one attached hydrogen (secondary N) is 1. The first-order valence-corrected chi connectivity index (χ1v) is 8.28. The zero-order valence-electron chi connectivity index (χ0n) is 7.80. The molecule has 0 rings (SSSR count). The first-order chi connectivity index (χ1) is 5.88. The molecule has 0 aromatic rings. The molecule has 0 saturated heterocycles. The molecule has 0 unspecified atom stereocenters.